The molecule has 1 spiro atoms. The van der Waals surface area contributed by atoms with Gasteiger partial charge in [0, 0.05) is 17.5 Å². The molecule has 1 aliphatic carbocycles. The van der Waals surface area contributed by atoms with Crippen LogP contribution >= 0.6 is 0 Å². The predicted molar refractivity (Wildman–Crippen MR) is 81.6 cm³/mol. The van der Waals surface area contributed by atoms with Gasteiger partial charge in [0.1, 0.15) is 12.7 Å². The molecule has 5 heteroatoms. The standard InChI is InChI=1S/C15H16FNO3.C2H6/c1-9-3-4-10-11(5-9)15(6-12(15)16)8-17(14(10)19)7-13(18)20-2;1-2/h3-5,12H,6-8H2,1-2H3;1-2H3/t12?,15-;/m0./s1. The fourth-order valence-electron chi connectivity index (χ4n) is 2.98. The summed E-state index contributed by atoms with van der Waals surface area (Å²) >= 11 is 0. The lowest BCUT2D eigenvalue weighted by molar-refractivity contribution is -0.141. The van der Waals surface area contributed by atoms with Crippen molar-refractivity contribution in [2.45, 2.75) is 38.8 Å². The minimum absolute atomic E-state index is 0.128. The molecule has 1 heterocycles. The number of nitrogens with zero attached hydrogens (tertiary/aromatic N) is 1. The average molecular weight is 307 g/mol. The molecule has 1 amide bonds. The summed E-state index contributed by atoms with van der Waals surface area (Å²) in [5.74, 6) is -0.713. The fourth-order valence-corrected chi connectivity index (χ4v) is 2.98. The lowest BCUT2D eigenvalue weighted by atomic mass is 9.85. The van der Waals surface area contributed by atoms with E-state index in [1.54, 1.807) is 6.07 Å². The molecule has 0 radical (unpaired) electrons. The Bertz CT molecular complexity index is 602. The van der Waals surface area contributed by atoms with Gasteiger partial charge in [-0.3, -0.25) is 9.59 Å². The summed E-state index contributed by atoms with van der Waals surface area (Å²) in [4.78, 5) is 25.2. The van der Waals surface area contributed by atoms with Gasteiger partial charge in [0.15, 0.2) is 0 Å². The zero-order valence-electron chi connectivity index (χ0n) is 13.5. The minimum Gasteiger partial charge on any atom is -0.468 e. The van der Waals surface area contributed by atoms with Crippen LogP contribution in [0.15, 0.2) is 18.2 Å². The van der Waals surface area contributed by atoms with Gasteiger partial charge in [0.05, 0.1) is 7.11 Å². The van der Waals surface area contributed by atoms with Crippen LogP contribution in [0.5, 0.6) is 0 Å². The van der Waals surface area contributed by atoms with E-state index in [-0.39, 0.29) is 19.0 Å². The molecule has 1 fully saturated rings. The second-order valence-electron chi connectivity index (χ2n) is 5.61. The van der Waals surface area contributed by atoms with Gasteiger partial charge >= 0.3 is 5.97 Å². The lowest BCUT2D eigenvalue weighted by Gasteiger charge is -2.34. The number of aryl methyl sites for hydroxylation is 1. The zero-order chi connectivity index (χ0) is 16.5. The monoisotopic (exact) mass is 307 g/mol. The molecule has 2 atom stereocenters. The fraction of sp³-hybridized carbons (Fsp3) is 0.529. The lowest BCUT2D eigenvalue weighted by Crippen LogP contribution is -2.46. The third-order valence-corrected chi connectivity index (χ3v) is 4.23. The van der Waals surface area contributed by atoms with Gasteiger partial charge in [-0.15, -0.1) is 0 Å². The number of hydrogen-bond donors (Lipinski definition) is 0. The van der Waals surface area contributed by atoms with E-state index in [1.807, 2.05) is 32.9 Å². The van der Waals surface area contributed by atoms with Crippen LogP contribution in [0.3, 0.4) is 0 Å². The Balaban J connectivity index is 0.000000847. The van der Waals surface area contributed by atoms with Gasteiger partial charge < -0.3 is 9.64 Å². The molecular weight excluding hydrogens is 285 g/mol. The van der Waals surface area contributed by atoms with Crippen molar-refractivity contribution in [1.82, 2.24) is 4.90 Å². The van der Waals surface area contributed by atoms with Gasteiger partial charge in [-0.2, -0.15) is 0 Å². The molecule has 1 unspecified atom stereocenters. The number of methoxy groups -OCH3 is 1. The Morgan fingerprint density at radius 3 is 2.64 bits per heavy atom. The van der Waals surface area contributed by atoms with Crippen molar-refractivity contribution >= 4 is 11.9 Å². The minimum atomic E-state index is -0.948. The highest BCUT2D eigenvalue weighted by molar-refractivity contribution is 5.99. The van der Waals surface area contributed by atoms with Crippen molar-refractivity contribution in [2.75, 3.05) is 20.2 Å². The van der Waals surface area contributed by atoms with Gasteiger partial charge in [0.2, 0.25) is 0 Å². The predicted octanol–water partition coefficient (Wildman–Crippen LogP) is 2.63. The summed E-state index contributed by atoms with van der Waals surface area (Å²) in [5, 5.41) is 0. The molecular formula is C17H22FNO3. The Morgan fingerprint density at radius 1 is 1.45 bits per heavy atom. The van der Waals surface area contributed by atoms with Crippen molar-refractivity contribution in [3.8, 4) is 0 Å². The first-order valence-electron chi connectivity index (χ1n) is 7.59. The maximum Gasteiger partial charge on any atom is 0.325 e. The molecule has 1 saturated carbocycles. The Hall–Kier alpha value is -1.91. The number of amides is 1. The molecule has 0 aromatic heterocycles. The van der Waals surface area contributed by atoms with E-state index >= 15 is 0 Å². The highest BCUT2D eigenvalue weighted by Gasteiger charge is 2.61. The maximum absolute atomic E-state index is 13.9. The molecule has 1 aromatic carbocycles. The van der Waals surface area contributed by atoms with E-state index in [0.717, 1.165) is 11.1 Å². The van der Waals surface area contributed by atoms with E-state index in [4.69, 9.17) is 0 Å². The molecule has 0 bridgehead atoms. The number of rotatable bonds is 2. The Morgan fingerprint density at radius 2 is 2.09 bits per heavy atom. The zero-order valence-corrected chi connectivity index (χ0v) is 13.5. The van der Waals surface area contributed by atoms with Crippen LogP contribution in [-0.2, 0) is 14.9 Å². The first kappa shape index (κ1) is 16.5. The van der Waals surface area contributed by atoms with E-state index < -0.39 is 17.6 Å². The first-order valence-corrected chi connectivity index (χ1v) is 7.59. The molecule has 3 rings (SSSR count). The maximum atomic E-state index is 13.9. The van der Waals surface area contributed by atoms with Crippen LogP contribution in [0.25, 0.3) is 0 Å². The molecule has 4 nitrogen and oxygen atoms in total. The van der Waals surface area contributed by atoms with Crippen molar-refractivity contribution in [3.63, 3.8) is 0 Å². The summed E-state index contributed by atoms with van der Waals surface area (Å²) in [5.41, 5.74) is 1.68. The van der Waals surface area contributed by atoms with Crippen LogP contribution in [0.1, 0.15) is 41.8 Å². The second kappa shape index (κ2) is 6.07. The van der Waals surface area contributed by atoms with Crippen LogP contribution in [-0.4, -0.2) is 43.1 Å². The van der Waals surface area contributed by atoms with E-state index in [1.165, 1.54) is 12.0 Å². The van der Waals surface area contributed by atoms with Crippen molar-refractivity contribution < 1.29 is 18.7 Å². The summed E-state index contributed by atoms with van der Waals surface area (Å²) < 4.78 is 18.5. The smallest absolute Gasteiger partial charge is 0.325 e. The molecule has 0 saturated heterocycles. The summed E-state index contributed by atoms with van der Waals surface area (Å²) in [6, 6.07) is 5.45. The van der Waals surface area contributed by atoms with Gasteiger partial charge in [-0.25, -0.2) is 4.39 Å². The third-order valence-electron chi connectivity index (χ3n) is 4.23. The quantitative estimate of drug-likeness (QED) is 0.789. The number of alkyl halides is 1. The summed E-state index contributed by atoms with van der Waals surface area (Å²) in [7, 11) is 1.28. The van der Waals surface area contributed by atoms with Crippen LogP contribution in [0.4, 0.5) is 4.39 Å². The number of fused-ring (bicyclic) bond motifs is 2. The number of hydrogen-bond acceptors (Lipinski definition) is 3. The summed E-state index contributed by atoms with van der Waals surface area (Å²) in [6.45, 7) is 6.05. The molecule has 2 aliphatic rings. The number of carbonyl (C=O) groups is 2. The van der Waals surface area contributed by atoms with Crippen LogP contribution in [0.2, 0.25) is 0 Å². The SMILES string of the molecule is CC.COC(=O)CN1C[C@@]2(CC2F)c2cc(C)ccc2C1=O. The van der Waals surface area contributed by atoms with Crippen molar-refractivity contribution in [1.29, 1.82) is 0 Å². The number of esters is 1. The number of carbonyl (C=O) groups excluding carboxylic acids is 2. The summed E-state index contributed by atoms with van der Waals surface area (Å²) in [6.07, 6.45) is -0.537. The number of benzene rings is 1. The van der Waals surface area contributed by atoms with Gasteiger partial charge in [-0.1, -0.05) is 31.5 Å². The highest BCUT2D eigenvalue weighted by atomic mass is 19.1. The second-order valence-corrected chi connectivity index (χ2v) is 5.61. The normalized spacial score (nSPS) is 25.2. The molecule has 120 valence electrons. The van der Waals surface area contributed by atoms with Crippen molar-refractivity contribution in [2.24, 2.45) is 0 Å². The molecule has 0 N–H and O–H groups in total. The first-order chi connectivity index (χ1) is 10.5. The van der Waals surface area contributed by atoms with Gasteiger partial charge in [-0.05, 0) is 25.0 Å². The van der Waals surface area contributed by atoms with E-state index in [2.05, 4.69) is 4.74 Å². The molecule has 1 aliphatic heterocycles. The van der Waals surface area contributed by atoms with Crippen LogP contribution in [0, 0.1) is 6.92 Å². The number of ether oxygens (including phenoxy) is 1. The Labute approximate surface area is 130 Å². The molecule has 1 aromatic rings. The highest BCUT2D eigenvalue weighted by Crippen LogP contribution is 2.54. The molecule has 22 heavy (non-hydrogen) atoms. The topological polar surface area (TPSA) is 46.6 Å². The van der Waals surface area contributed by atoms with E-state index in [9.17, 15) is 14.0 Å². The largest absolute Gasteiger partial charge is 0.468 e. The van der Waals surface area contributed by atoms with Crippen molar-refractivity contribution in [3.05, 3.63) is 34.9 Å². The Kier molecular flexibility index (Phi) is 4.54. The number of halogens is 1. The van der Waals surface area contributed by atoms with Crippen LogP contribution < -0.4 is 0 Å². The van der Waals surface area contributed by atoms with E-state index in [0.29, 0.717) is 12.0 Å². The van der Waals surface area contributed by atoms with Gasteiger partial charge in [0.25, 0.3) is 5.91 Å². The average Bonchev–Trinajstić information content (AvgIpc) is 3.17. The third kappa shape index (κ3) is 2.60.